The molecular weight excluding hydrogens is 222 g/mol. The molecule has 0 saturated carbocycles. The Bertz CT molecular complexity index is 159. The van der Waals surface area contributed by atoms with Gasteiger partial charge < -0.3 is 10.1 Å². The summed E-state index contributed by atoms with van der Waals surface area (Å²) in [5.74, 6) is 0.653. The molecule has 110 valence electrons. The summed E-state index contributed by atoms with van der Waals surface area (Å²) in [7, 11) is 0. The third-order valence-corrected chi connectivity index (χ3v) is 3.15. The Morgan fingerprint density at radius 3 is 2.33 bits per heavy atom. The van der Waals surface area contributed by atoms with Gasteiger partial charge in [0.05, 0.1) is 0 Å². The van der Waals surface area contributed by atoms with E-state index in [0.29, 0.717) is 12.0 Å². The summed E-state index contributed by atoms with van der Waals surface area (Å²) in [6.45, 7) is 11.8. The fourth-order valence-electron chi connectivity index (χ4n) is 2.00. The van der Waals surface area contributed by atoms with Gasteiger partial charge in [0.25, 0.3) is 0 Å². The van der Waals surface area contributed by atoms with Crippen molar-refractivity contribution in [2.24, 2.45) is 5.92 Å². The molecular formula is C16H35NO. The first-order valence-electron chi connectivity index (χ1n) is 7.98. The molecule has 1 atom stereocenters. The number of nitrogens with one attached hydrogen (secondary N) is 1. The molecule has 0 aliphatic rings. The Morgan fingerprint density at radius 1 is 0.944 bits per heavy atom. The lowest BCUT2D eigenvalue weighted by Gasteiger charge is -2.14. The fourth-order valence-corrected chi connectivity index (χ4v) is 2.00. The van der Waals surface area contributed by atoms with Crippen LogP contribution in [-0.4, -0.2) is 25.8 Å². The zero-order chi connectivity index (χ0) is 13.6. The summed E-state index contributed by atoms with van der Waals surface area (Å²) in [5.41, 5.74) is 0. The lowest BCUT2D eigenvalue weighted by molar-refractivity contribution is 0.107. The SMILES string of the molecule is CCCCCCCC(C)NCCCOCC(C)C. The summed E-state index contributed by atoms with van der Waals surface area (Å²) < 4.78 is 5.56. The van der Waals surface area contributed by atoms with Crippen molar-refractivity contribution >= 4 is 0 Å². The van der Waals surface area contributed by atoms with Crippen molar-refractivity contribution in [3.8, 4) is 0 Å². The maximum Gasteiger partial charge on any atom is 0.0489 e. The van der Waals surface area contributed by atoms with Crippen LogP contribution in [0, 0.1) is 5.92 Å². The van der Waals surface area contributed by atoms with Gasteiger partial charge in [-0.25, -0.2) is 0 Å². The lowest BCUT2D eigenvalue weighted by Crippen LogP contribution is -2.27. The minimum Gasteiger partial charge on any atom is -0.381 e. The third-order valence-electron chi connectivity index (χ3n) is 3.15. The maximum absolute atomic E-state index is 5.56. The van der Waals surface area contributed by atoms with Crippen LogP contribution in [0.25, 0.3) is 0 Å². The van der Waals surface area contributed by atoms with Gasteiger partial charge >= 0.3 is 0 Å². The van der Waals surface area contributed by atoms with Gasteiger partial charge in [-0.1, -0.05) is 52.9 Å². The molecule has 0 fully saturated rings. The number of unbranched alkanes of at least 4 members (excludes halogenated alkanes) is 4. The van der Waals surface area contributed by atoms with E-state index in [0.717, 1.165) is 26.2 Å². The molecule has 2 heteroatoms. The third kappa shape index (κ3) is 14.0. The summed E-state index contributed by atoms with van der Waals surface area (Å²) in [5, 5.41) is 3.58. The average Bonchev–Trinajstić information content (AvgIpc) is 2.33. The van der Waals surface area contributed by atoms with E-state index in [2.05, 4.69) is 33.0 Å². The van der Waals surface area contributed by atoms with E-state index in [1.54, 1.807) is 0 Å². The number of hydrogen-bond donors (Lipinski definition) is 1. The van der Waals surface area contributed by atoms with Gasteiger partial charge in [0.1, 0.15) is 0 Å². The van der Waals surface area contributed by atoms with Crippen LogP contribution in [0.15, 0.2) is 0 Å². The highest BCUT2D eigenvalue weighted by atomic mass is 16.5. The lowest BCUT2D eigenvalue weighted by atomic mass is 10.1. The van der Waals surface area contributed by atoms with Crippen molar-refractivity contribution in [1.29, 1.82) is 0 Å². The van der Waals surface area contributed by atoms with Crippen LogP contribution >= 0.6 is 0 Å². The van der Waals surface area contributed by atoms with E-state index in [-0.39, 0.29) is 0 Å². The Balaban J connectivity index is 3.14. The smallest absolute Gasteiger partial charge is 0.0489 e. The van der Waals surface area contributed by atoms with Crippen LogP contribution in [-0.2, 0) is 4.74 Å². The van der Waals surface area contributed by atoms with Crippen molar-refractivity contribution in [1.82, 2.24) is 5.32 Å². The highest BCUT2D eigenvalue weighted by Gasteiger charge is 2.00. The normalized spacial score (nSPS) is 13.2. The molecule has 0 aliphatic carbocycles. The zero-order valence-corrected chi connectivity index (χ0v) is 13.1. The Hall–Kier alpha value is -0.0800. The van der Waals surface area contributed by atoms with E-state index in [9.17, 15) is 0 Å². The standard InChI is InChI=1S/C16H35NO/c1-5-6-7-8-9-11-16(4)17-12-10-13-18-14-15(2)3/h15-17H,5-14H2,1-4H3. The zero-order valence-electron chi connectivity index (χ0n) is 13.1. The second kappa shape index (κ2) is 13.4. The van der Waals surface area contributed by atoms with Crippen LogP contribution in [0.3, 0.4) is 0 Å². The number of hydrogen-bond acceptors (Lipinski definition) is 2. The largest absolute Gasteiger partial charge is 0.381 e. The molecule has 0 amide bonds. The van der Waals surface area contributed by atoms with Crippen LogP contribution < -0.4 is 5.32 Å². The summed E-state index contributed by atoms with van der Waals surface area (Å²) in [4.78, 5) is 0. The molecule has 0 aromatic rings. The van der Waals surface area contributed by atoms with Crippen LogP contribution in [0.2, 0.25) is 0 Å². The van der Waals surface area contributed by atoms with Gasteiger partial charge in [0.2, 0.25) is 0 Å². The summed E-state index contributed by atoms with van der Waals surface area (Å²) in [6, 6.07) is 0.664. The van der Waals surface area contributed by atoms with Gasteiger partial charge in [0, 0.05) is 19.3 Å². The summed E-state index contributed by atoms with van der Waals surface area (Å²) >= 11 is 0. The maximum atomic E-state index is 5.56. The molecule has 0 heterocycles. The molecule has 0 spiro atoms. The summed E-state index contributed by atoms with van der Waals surface area (Å²) in [6.07, 6.45) is 9.37. The molecule has 0 saturated heterocycles. The topological polar surface area (TPSA) is 21.3 Å². The second-order valence-corrected chi connectivity index (χ2v) is 5.88. The van der Waals surface area contributed by atoms with Gasteiger partial charge in [-0.05, 0) is 32.2 Å². The predicted octanol–water partition coefficient (Wildman–Crippen LogP) is 4.39. The monoisotopic (exact) mass is 257 g/mol. The highest BCUT2D eigenvalue weighted by molar-refractivity contribution is 4.60. The molecule has 0 aliphatic heterocycles. The Kier molecular flexibility index (Phi) is 13.3. The van der Waals surface area contributed by atoms with Crippen LogP contribution in [0.5, 0.6) is 0 Å². The minimum atomic E-state index is 0.653. The molecule has 18 heavy (non-hydrogen) atoms. The quantitative estimate of drug-likeness (QED) is 0.494. The van der Waals surface area contributed by atoms with Crippen molar-refractivity contribution < 1.29 is 4.74 Å². The van der Waals surface area contributed by atoms with Crippen molar-refractivity contribution in [2.45, 2.75) is 78.7 Å². The van der Waals surface area contributed by atoms with E-state index in [1.165, 1.54) is 38.5 Å². The van der Waals surface area contributed by atoms with Crippen molar-refractivity contribution in [3.63, 3.8) is 0 Å². The Morgan fingerprint density at radius 2 is 1.67 bits per heavy atom. The Labute approximate surface area is 115 Å². The van der Waals surface area contributed by atoms with E-state index in [1.807, 2.05) is 0 Å². The molecule has 0 aromatic carbocycles. The molecule has 2 nitrogen and oxygen atoms in total. The molecule has 0 rings (SSSR count). The first-order chi connectivity index (χ1) is 8.66. The highest BCUT2D eigenvalue weighted by Crippen LogP contribution is 2.06. The van der Waals surface area contributed by atoms with Crippen LogP contribution in [0.1, 0.15) is 72.6 Å². The first kappa shape index (κ1) is 17.9. The molecule has 0 bridgehead atoms. The van der Waals surface area contributed by atoms with Crippen molar-refractivity contribution in [3.05, 3.63) is 0 Å². The van der Waals surface area contributed by atoms with Gasteiger partial charge in [-0.15, -0.1) is 0 Å². The van der Waals surface area contributed by atoms with Crippen LogP contribution in [0.4, 0.5) is 0 Å². The number of rotatable bonds is 13. The molecule has 1 unspecified atom stereocenters. The number of ether oxygens (including phenoxy) is 1. The van der Waals surface area contributed by atoms with Gasteiger partial charge in [-0.3, -0.25) is 0 Å². The van der Waals surface area contributed by atoms with Crippen molar-refractivity contribution in [2.75, 3.05) is 19.8 Å². The van der Waals surface area contributed by atoms with Gasteiger partial charge in [-0.2, -0.15) is 0 Å². The fraction of sp³-hybridized carbons (Fsp3) is 1.00. The van der Waals surface area contributed by atoms with Gasteiger partial charge in [0.15, 0.2) is 0 Å². The second-order valence-electron chi connectivity index (χ2n) is 5.88. The molecule has 0 radical (unpaired) electrons. The minimum absolute atomic E-state index is 0.653. The van der Waals surface area contributed by atoms with E-state index >= 15 is 0 Å². The van der Waals surface area contributed by atoms with E-state index in [4.69, 9.17) is 4.74 Å². The first-order valence-corrected chi connectivity index (χ1v) is 7.98. The van der Waals surface area contributed by atoms with E-state index < -0.39 is 0 Å². The molecule has 1 N–H and O–H groups in total. The average molecular weight is 257 g/mol. The predicted molar refractivity (Wildman–Crippen MR) is 81.1 cm³/mol. The molecule has 0 aromatic heterocycles.